The molecule has 1 N–H and O–H groups in total. The summed E-state index contributed by atoms with van der Waals surface area (Å²) in [4.78, 5) is 19.5. The van der Waals surface area contributed by atoms with E-state index in [-0.39, 0.29) is 18.1 Å². The van der Waals surface area contributed by atoms with Crippen LogP contribution >= 0.6 is 0 Å². The molecule has 1 aromatic carbocycles. The van der Waals surface area contributed by atoms with E-state index in [0.29, 0.717) is 19.8 Å². The van der Waals surface area contributed by atoms with Crippen molar-refractivity contribution >= 4 is 6.47 Å². The second kappa shape index (κ2) is 11.6. The topological polar surface area (TPSA) is 80.5 Å². The molecule has 0 bridgehead atoms. The number of ether oxygens (including phenoxy) is 1. The number of benzene rings is 1. The van der Waals surface area contributed by atoms with Crippen molar-refractivity contribution in [3.8, 4) is 11.4 Å². The van der Waals surface area contributed by atoms with E-state index in [9.17, 15) is 13.2 Å². The number of halogens is 3. The van der Waals surface area contributed by atoms with E-state index in [4.69, 9.17) is 14.6 Å². The molecule has 1 unspecified atom stereocenters. The SMILES string of the molecule is FC(F)(F)Cc1ccc(-c2nccn2CC(c2cccnc2)N2CCOCC2)cc1.O=CO. The highest BCUT2D eigenvalue weighted by atomic mass is 19.4. The van der Waals surface area contributed by atoms with E-state index in [2.05, 4.69) is 20.9 Å². The molecule has 2 aromatic heterocycles. The molecule has 1 aliphatic rings. The van der Waals surface area contributed by atoms with Crippen LogP contribution in [0.25, 0.3) is 11.4 Å². The van der Waals surface area contributed by atoms with E-state index >= 15 is 0 Å². The van der Waals surface area contributed by atoms with Gasteiger partial charge in [-0.1, -0.05) is 30.3 Å². The second-order valence-corrected chi connectivity index (χ2v) is 7.45. The van der Waals surface area contributed by atoms with Crippen LogP contribution in [0.2, 0.25) is 0 Å². The van der Waals surface area contributed by atoms with Crippen LogP contribution in [0.1, 0.15) is 17.2 Å². The van der Waals surface area contributed by atoms with Crippen LogP contribution < -0.4 is 0 Å². The first-order valence-electron chi connectivity index (χ1n) is 10.4. The van der Waals surface area contributed by atoms with Crippen LogP contribution in [0.4, 0.5) is 13.2 Å². The Hall–Kier alpha value is -3.24. The lowest BCUT2D eigenvalue weighted by Gasteiger charge is -2.35. The number of alkyl halides is 3. The van der Waals surface area contributed by atoms with E-state index in [1.807, 2.05) is 23.0 Å². The van der Waals surface area contributed by atoms with E-state index < -0.39 is 12.6 Å². The Bertz CT molecular complexity index is 988. The summed E-state index contributed by atoms with van der Waals surface area (Å²) in [5.41, 5.74) is 2.14. The summed E-state index contributed by atoms with van der Waals surface area (Å²) < 4.78 is 45.4. The van der Waals surface area contributed by atoms with Crippen molar-refractivity contribution in [1.29, 1.82) is 0 Å². The molecule has 0 saturated carbocycles. The number of morpholine rings is 1. The number of hydrogen-bond donors (Lipinski definition) is 1. The lowest BCUT2D eigenvalue weighted by molar-refractivity contribution is -0.127. The van der Waals surface area contributed by atoms with Crippen LogP contribution in [0.15, 0.2) is 61.2 Å². The first-order chi connectivity index (χ1) is 15.9. The van der Waals surface area contributed by atoms with Crippen LogP contribution in [-0.4, -0.2) is 63.5 Å². The van der Waals surface area contributed by atoms with Gasteiger partial charge in [0, 0.05) is 50.0 Å². The normalized spacial score (nSPS) is 15.4. The third kappa shape index (κ3) is 7.13. The lowest BCUT2D eigenvalue weighted by Crippen LogP contribution is -2.40. The number of pyridine rings is 1. The number of nitrogens with zero attached hydrogens (tertiary/aromatic N) is 4. The van der Waals surface area contributed by atoms with E-state index in [1.54, 1.807) is 24.5 Å². The number of imidazole rings is 1. The summed E-state index contributed by atoms with van der Waals surface area (Å²) in [5, 5.41) is 6.89. The van der Waals surface area contributed by atoms with Crippen molar-refractivity contribution in [2.75, 3.05) is 26.3 Å². The Kier molecular flexibility index (Phi) is 8.56. The first-order valence-corrected chi connectivity index (χ1v) is 10.4. The van der Waals surface area contributed by atoms with Gasteiger partial charge in [0.25, 0.3) is 6.47 Å². The van der Waals surface area contributed by atoms with Crippen molar-refractivity contribution in [2.45, 2.75) is 25.2 Å². The molecule has 7 nitrogen and oxygen atoms in total. The van der Waals surface area contributed by atoms with Crippen LogP contribution in [0, 0.1) is 0 Å². The van der Waals surface area contributed by atoms with Crippen molar-refractivity contribution < 1.29 is 27.8 Å². The molecule has 1 atom stereocenters. The maximum atomic E-state index is 12.6. The highest BCUT2D eigenvalue weighted by Gasteiger charge is 2.28. The molecule has 176 valence electrons. The predicted molar refractivity (Wildman–Crippen MR) is 115 cm³/mol. The van der Waals surface area contributed by atoms with Gasteiger partial charge >= 0.3 is 6.18 Å². The number of rotatable bonds is 6. The Labute approximate surface area is 189 Å². The first kappa shape index (κ1) is 24.4. The molecule has 0 amide bonds. The van der Waals surface area contributed by atoms with E-state index in [0.717, 1.165) is 30.0 Å². The summed E-state index contributed by atoms with van der Waals surface area (Å²) in [6, 6.07) is 10.5. The Morgan fingerprint density at radius 3 is 2.42 bits per heavy atom. The highest BCUT2D eigenvalue weighted by Crippen LogP contribution is 2.27. The number of aromatic nitrogens is 3. The zero-order valence-corrected chi connectivity index (χ0v) is 17.9. The largest absolute Gasteiger partial charge is 0.483 e. The minimum absolute atomic E-state index is 0.0973. The van der Waals surface area contributed by atoms with Gasteiger partial charge in [-0.3, -0.25) is 14.7 Å². The highest BCUT2D eigenvalue weighted by molar-refractivity contribution is 5.56. The van der Waals surface area contributed by atoms with Gasteiger partial charge in [0.05, 0.1) is 25.7 Å². The van der Waals surface area contributed by atoms with Crippen LogP contribution in [0.5, 0.6) is 0 Å². The molecule has 0 spiro atoms. The smallest absolute Gasteiger partial charge is 0.393 e. The standard InChI is InChI=1S/C22H23F3N4O.CH2O2/c23-22(24,25)14-17-3-5-18(6-4-17)21-27-8-9-29(21)16-20(19-2-1-7-26-15-19)28-10-12-30-13-11-28;2-1-3/h1-9,15,20H,10-14,16H2;1H,(H,2,3). The van der Waals surface area contributed by atoms with Crippen molar-refractivity contribution in [3.05, 3.63) is 72.3 Å². The zero-order chi connectivity index (χ0) is 23.7. The van der Waals surface area contributed by atoms with Crippen molar-refractivity contribution in [3.63, 3.8) is 0 Å². The van der Waals surface area contributed by atoms with Gasteiger partial charge < -0.3 is 14.4 Å². The molecule has 10 heteroatoms. The lowest BCUT2D eigenvalue weighted by atomic mass is 10.1. The third-order valence-corrected chi connectivity index (χ3v) is 5.26. The molecule has 1 aliphatic heterocycles. The quantitative estimate of drug-likeness (QED) is 0.561. The Morgan fingerprint density at radius 2 is 1.82 bits per heavy atom. The molecule has 3 aromatic rings. The fourth-order valence-electron chi connectivity index (χ4n) is 3.80. The molecular weight excluding hydrogens is 437 g/mol. The fraction of sp³-hybridized carbons (Fsp3) is 0.348. The maximum absolute atomic E-state index is 12.6. The maximum Gasteiger partial charge on any atom is 0.393 e. The molecule has 33 heavy (non-hydrogen) atoms. The molecular formula is C23H25F3N4O3. The zero-order valence-electron chi connectivity index (χ0n) is 17.9. The molecule has 4 rings (SSSR count). The summed E-state index contributed by atoms with van der Waals surface area (Å²) in [5.74, 6) is 0.732. The molecule has 3 heterocycles. The van der Waals surface area contributed by atoms with Gasteiger partial charge in [-0.25, -0.2) is 4.98 Å². The van der Waals surface area contributed by atoms with Crippen molar-refractivity contribution in [2.24, 2.45) is 0 Å². The summed E-state index contributed by atoms with van der Waals surface area (Å²) in [6.07, 6.45) is 2.12. The van der Waals surface area contributed by atoms with Crippen LogP contribution in [-0.2, 0) is 22.5 Å². The second-order valence-electron chi connectivity index (χ2n) is 7.45. The summed E-state index contributed by atoms with van der Waals surface area (Å²) in [7, 11) is 0. The average Bonchev–Trinajstić information content (AvgIpc) is 3.27. The summed E-state index contributed by atoms with van der Waals surface area (Å²) in [6.45, 7) is 3.44. The monoisotopic (exact) mass is 462 g/mol. The molecule has 1 saturated heterocycles. The Morgan fingerprint density at radius 1 is 1.12 bits per heavy atom. The average molecular weight is 462 g/mol. The minimum Gasteiger partial charge on any atom is -0.483 e. The third-order valence-electron chi connectivity index (χ3n) is 5.26. The molecule has 0 radical (unpaired) electrons. The predicted octanol–water partition coefficient (Wildman–Crippen LogP) is 3.82. The van der Waals surface area contributed by atoms with Gasteiger partial charge in [0.1, 0.15) is 5.82 Å². The van der Waals surface area contributed by atoms with Crippen molar-refractivity contribution in [1.82, 2.24) is 19.4 Å². The fourth-order valence-corrected chi connectivity index (χ4v) is 3.80. The minimum atomic E-state index is -4.21. The number of hydrogen-bond acceptors (Lipinski definition) is 5. The molecule has 0 aliphatic carbocycles. The van der Waals surface area contributed by atoms with Gasteiger partial charge in [0.2, 0.25) is 0 Å². The Balaban J connectivity index is 0.000000968. The number of carboxylic acid groups (broad SMARTS) is 1. The van der Waals surface area contributed by atoms with Gasteiger partial charge in [-0.05, 0) is 17.2 Å². The van der Waals surface area contributed by atoms with Crippen LogP contribution in [0.3, 0.4) is 0 Å². The molecule has 1 fully saturated rings. The number of carbonyl (C=O) groups is 1. The van der Waals surface area contributed by atoms with E-state index in [1.165, 1.54) is 12.1 Å². The van der Waals surface area contributed by atoms with Gasteiger partial charge in [0.15, 0.2) is 0 Å². The van der Waals surface area contributed by atoms with Gasteiger partial charge in [-0.15, -0.1) is 0 Å². The van der Waals surface area contributed by atoms with Gasteiger partial charge in [-0.2, -0.15) is 13.2 Å². The summed E-state index contributed by atoms with van der Waals surface area (Å²) >= 11 is 0.